The first-order valence-electron chi connectivity index (χ1n) is 11.0. The topological polar surface area (TPSA) is 79.8 Å². The Morgan fingerprint density at radius 2 is 1.61 bits per heavy atom. The van der Waals surface area contributed by atoms with E-state index in [1.807, 2.05) is 54.6 Å². The highest BCUT2D eigenvalue weighted by atomic mass is 16.5. The van der Waals surface area contributed by atoms with E-state index in [-0.39, 0.29) is 23.5 Å². The summed E-state index contributed by atoms with van der Waals surface area (Å²) < 4.78 is 10.9. The number of rotatable bonds is 4. The summed E-state index contributed by atoms with van der Waals surface area (Å²) >= 11 is 0. The smallest absolute Gasteiger partial charge is 0.163 e. The Kier molecular flexibility index (Phi) is 5.42. The van der Waals surface area contributed by atoms with Gasteiger partial charge in [-0.2, -0.15) is 0 Å². The van der Waals surface area contributed by atoms with Crippen LogP contribution in [0.5, 0.6) is 17.2 Å². The van der Waals surface area contributed by atoms with Crippen molar-refractivity contribution in [2.75, 3.05) is 24.9 Å². The molecule has 0 bridgehead atoms. The molecule has 1 aliphatic carbocycles. The predicted molar refractivity (Wildman–Crippen MR) is 128 cm³/mol. The summed E-state index contributed by atoms with van der Waals surface area (Å²) in [5, 5.41) is 17.2. The van der Waals surface area contributed by atoms with Crippen LogP contribution in [0.2, 0.25) is 0 Å². The lowest BCUT2D eigenvalue weighted by molar-refractivity contribution is -0.116. The molecule has 0 saturated heterocycles. The van der Waals surface area contributed by atoms with E-state index in [4.69, 9.17) is 9.47 Å². The number of para-hydroxylation sites is 3. The van der Waals surface area contributed by atoms with Crippen LogP contribution in [0.4, 0.5) is 11.4 Å². The molecular weight excluding hydrogens is 416 g/mol. The second-order valence-electron chi connectivity index (χ2n) is 8.34. The molecule has 0 amide bonds. The van der Waals surface area contributed by atoms with Gasteiger partial charge in [0.15, 0.2) is 17.3 Å². The van der Waals surface area contributed by atoms with Gasteiger partial charge >= 0.3 is 0 Å². The molecule has 1 aliphatic heterocycles. The number of methoxy groups -OCH3 is 2. The van der Waals surface area contributed by atoms with Crippen LogP contribution in [0.3, 0.4) is 0 Å². The van der Waals surface area contributed by atoms with E-state index in [0.717, 1.165) is 33.9 Å². The van der Waals surface area contributed by atoms with E-state index >= 15 is 0 Å². The van der Waals surface area contributed by atoms with E-state index in [9.17, 15) is 9.90 Å². The van der Waals surface area contributed by atoms with E-state index in [2.05, 4.69) is 10.6 Å². The lowest BCUT2D eigenvalue weighted by Gasteiger charge is -2.30. The van der Waals surface area contributed by atoms with E-state index in [1.165, 1.54) is 7.11 Å². The molecule has 6 nitrogen and oxygen atoms in total. The molecule has 0 saturated carbocycles. The monoisotopic (exact) mass is 442 g/mol. The maximum absolute atomic E-state index is 13.7. The number of benzene rings is 3. The molecule has 33 heavy (non-hydrogen) atoms. The number of phenolic OH excluding ortho intramolecular Hbond substituents is 1. The number of carbonyl (C=O) groups excluding carboxylic acids is 1. The van der Waals surface area contributed by atoms with Gasteiger partial charge in [-0.25, -0.2) is 0 Å². The second-order valence-corrected chi connectivity index (χ2v) is 8.34. The summed E-state index contributed by atoms with van der Waals surface area (Å²) in [6.45, 7) is 0. The molecule has 168 valence electrons. The quantitative estimate of drug-likeness (QED) is 0.503. The number of allylic oxidation sites excluding steroid dienone is 1. The molecule has 1 heterocycles. The molecular formula is C27H26N2O4. The van der Waals surface area contributed by atoms with Crippen molar-refractivity contribution < 1.29 is 19.4 Å². The molecule has 3 aromatic rings. The molecule has 3 aromatic carbocycles. The van der Waals surface area contributed by atoms with Crippen molar-refractivity contribution in [3.05, 3.63) is 89.1 Å². The first-order chi connectivity index (χ1) is 16.1. The molecule has 0 radical (unpaired) electrons. The standard InChI is InChI=1S/C27H26N2O4/c1-32-24-10-6-3-7-18(24)17-13-21-26(23(31)14-17)27(16-11-12-22(30)25(15-16)33-2)29-20-9-5-4-8-19(20)28-21/h3-12,15,17,27-30H,13-14H2,1-2H3. The number of anilines is 2. The van der Waals surface area contributed by atoms with Crippen LogP contribution in [0, 0.1) is 0 Å². The molecule has 5 rings (SSSR count). The number of ether oxygens (including phenoxy) is 2. The SMILES string of the molecule is COc1cc(C2Nc3ccccc3NC3=C2C(=O)CC(c2ccccc2OC)C3)ccc1O. The summed E-state index contributed by atoms with van der Waals surface area (Å²) in [4.78, 5) is 13.7. The number of aromatic hydroxyl groups is 1. The normalized spacial score (nSPS) is 19.5. The van der Waals surface area contributed by atoms with E-state index < -0.39 is 0 Å². The van der Waals surface area contributed by atoms with Gasteiger partial charge in [0.25, 0.3) is 0 Å². The van der Waals surface area contributed by atoms with Crippen LogP contribution < -0.4 is 20.1 Å². The van der Waals surface area contributed by atoms with Crippen LogP contribution in [0.15, 0.2) is 78.0 Å². The number of hydrogen-bond donors (Lipinski definition) is 3. The fourth-order valence-electron chi connectivity index (χ4n) is 4.84. The van der Waals surface area contributed by atoms with Crippen LogP contribution in [-0.2, 0) is 4.79 Å². The molecule has 2 atom stereocenters. The van der Waals surface area contributed by atoms with Crippen LogP contribution >= 0.6 is 0 Å². The fourth-order valence-corrected chi connectivity index (χ4v) is 4.84. The number of carbonyl (C=O) groups is 1. The molecule has 6 heteroatoms. The van der Waals surface area contributed by atoms with E-state index in [1.54, 1.807) is 19.2 Å². The van der Waals surface area contributed by atoms with Gasteiger partial charge in [0, 0.05) is 23.6 Å². The third kappa shape index (κ3) is 3.78. The number of phenols is 1. The summed E-state index contributed by atoms with van der Waals surface area (Å²) in [6, 6.07) is 20.7. The lowest BCUT2D eigenvalue weighted by Crippen LogP contribution is -2.27. The minimum absolute atomic E-state index is 0.0140. The van der Waals surface area contributed by atoms with Crippen molar-refractivity contribution in [3.63, 3.8) is 0 Å². The molecule has 3 N–H and O–H groups in total. The van der Waals surface area contributed by atoms with Gasteiger partial charge < -0.3 is 25.2 Å². The molecule has 2 unspecified atom stereocenters. The Bertz CT molecular complexity index is 1250. The predicted octanol–water partition coefficient (Wildman–Crippen LogP) is 5.39. The summed E-state index contributed by atoms with van der Waals surface area (Å²) in [6.07, 6.45) is 1.08. The second kappa shape index (κ2) is 8.54. The number of ketones is 1. The van der Waals surface area contributed by atoms with Crippen molar-refractivity contribution in [2.45, 2.75) is 24.8 Å². The average molecular weight is 443 g/mol. The Morgan fingerprint density at radius 1 is 0.879 bits per heavy atom. The highest BCUT2D eigenvalue weighted by Crippen LogP contribution is 2.46. The van der Waals surface area contributed by atoms with Gasteiger partial charge in [-0.05, 0) is 47.9 Å². The number of hydrogen-bond acceptors (Lipinski definition) is 6. The third-order valence-corrected chi connectivity index (χ3v) is 6.42. The van der Waals surface area contributed by atoms with Gasteiger partial charge in [0.1, 0.15) is 5.75 Å². The lowest BCUT2D eigenvalue weighted by atomic mass is 9.78. The van der Waals surface area contributed by atoms with Crippen molar-refractivity contribution in [1.82, 2.24) is 0 Å². The van der Waals surface area contributed by atoms with Gasteiger partial charge in [-0.15, -0.1) is 0 Å². The van der Waals surface area contributed by atoms with Crippen LogP contribution in [0.25, 0.3) is 0 Å². The van der Waals surface area contributed by atoms with E-state index in [0.29, 0.717) is 24.2 Å². The number of fused-ring (bicyclic) bond motifs is 1. The number of nitrogens with one attached hydrogen (secondary N) is 2. The molecule has 2 aliphatic rings. The third-order valence-electron chi connectivity index (χ3n) is 6.42. The first-order valence-corrected chi connectivity index (χ1v) is 11.0. The van der Waals surface area contributed by atoms with Gasteiger partial charge in [-0.3, -0.25) is 4.79 Å². The fraction of sp³-hybridized carbons (Fsp3) is 0.222. The number of Topliss-reactive ketones (excluding diaryl/α,β-unsaturated/α-hetero) is 1. The van der Waals surface area contributed by atoms with Crippen molar-refractivity contribution in [3.8, 4) is 17.2 Å². The highest BCUT2D eigenvalue weighted by Gasteiger charge is 2.37. The zero-order valence-electron chi connectivity index (χ0n) is 18.6. The minimum atomic E-state index is -0.378. The van der Waals surface area contributed by atoms with Crippen molar-refractivity contribution >= 4 is 17.2 Å². The largest absolute Gasteiger partial charge is 0.504 e. The Balaban J connectivity index is 1.62. The minimum Gasteiger partial charge on any atom is -0.504 e. The molecule has 0 spiro atoms. The van der Waals surface area contributed by atoms with Crippen LogP contribution in [0.1, 0.15) is 35.9 Å². The maximum atomic E-state index is 13.7. The maximum Gasteiger partial charge on any atom is 0.163 e. The van der Waals surface area contributed by atoms with Gasteiger partial charge in [0.05, 0.1) is 31.6 Å². The Hall–Kier alpha value is -3.93. The first kappa shape index (κ1) is 20.9. The Morgan fingerprint density at radius 3 is 2.39 bits per heavy atom. The zero-order chi connectivity index (χ0) is 22.9. The molecule has 0 aromatic heterocycles. The van der Waals surface area contributed by atoms with Gasteiger partial charge in [0.2, 0.25) is 0 Å². The zero-order valence-corrected chi connectivity index (χ0v) is 18.6. The molecule has 0 fully saturated rings. The summed E-state index contributed by atoms with van der Waals surface area (Å²) in [5.74, 6) is 1.33. The van der Waals surface area contributed by atoms with Crippen LogP contribution in [-0.4, -0.2) is 25.1 Å². The summed E-state index contributed by atoms with van der Waals surface area (Å²) in [7, 11) is 3.18. The van der Waals surface area contributed by atoms with Crippen molar-refractivity contribution in [1.29, 1.82) is 0 Å². The van der Waals surface area contributed by atoms with Crippen molar-refractivity contribution in [2.24, 2.45) is 0 Å². The average Bonchev–Trinajstić information content (AvgIpc) is 3.01. The Labute approximate surface area is 192 Å². The highest BCUT2D eigenvalue weighted by molar-refractivity contribution is 6.01. The van der Waals surface area contributed by atoms with Gasteiger partial charge in [-0.1, -0.05) is 36.4 Å². The summed E-state index contributed by atoms with van der Waals surface area (Å²) in [5.41, 5.74) is 5.33.